The van der Waals surface area contributed by atoms with Crippen molar-refractivity contribution in [2.75, 3.05) is 27.2 Å². The minimum atomic E-state index is 0.0873. The molecule has 0 aromatic carbocycles. The Morgan fingerprint density at radius 1 is 0.636 bits per heavy atom. The van der Waals surface area contributed by atoms with Crippen molar-refractivity contribution in [3.05, 3.63) is 0 Å². The fraction of sp³-hybridized carbons (Fsp3) is 0.889. The molecule has 22 heavy (non-hydrogen) atoms. The summed E-state index contributed by atoms with van der Waals surface area (Å²) in [5, 5.41) is 0. The van der Waals surface area contributed by atoms with Gasteiger partial charge in [-0.05, 0) is 12.8 Å². The maximum atomic E-state index is 12.0. The number of carbonyl (C=O) groups is 2. The van der Waals surface area contributed by atoms with Gasteiger partial charge in [0.15, 0.2) is 0 Å². The van der Waals surface area contributed by atoms with Crippen LogP contribution in [0.4, 0.5) is 0 Å². The standard InChI is InChI=1S/C18H36N2O2/c1-5-7-9-11-15-19(3)17(21)13-14-18(22)20(4)16-12-10-8-6-2/h5-16H2,1-4H3. The van der Waals surface area contributed by atoms with Crippen molar-refractivity contribution < 1.29 is 9.59 Å². The second kappa shape index (κ2) is 13.6. The average molecular weight is 312 g/mol. The van der Waals surface area contributed by atoms with Gasteiger partial charge in [-0.2, -0.15) is 0 Å². The van der Waals surface area contributed by atoms with Crippen molar-refractivity contribution in [3.63, 3.8) is 0 Å². The lowest BCUT2D eigenvalue weighted by Gasteiger charge is -2.19. The predicted octanol–water partition coefficient (Wildman–Crippen LogP) is 3.84. The summed E-state index contributed by atoms with van der Waals surface area (Å²) >= 11 is 0. The van der Waals surface area contributed by atoms with Gasteiger partial charge >= 0.3 is 0 Å². The summed E-state index contributed by atoms with van der Waals surface area (Å²) in [6, 6.07) is 0. The Morgan fingerprint density at radius 2 is 1.00 bits per heavy atom. The first-order chi connectivity index (χ1) is 10.5. The van der Waals surface area contributed by atoms with Crippen molar-refractivity contribution >= 4 is 11.8 Å². The Labute approximate surface area is 137 Å². The topological polar surface area (TPSA) is 40.6 Å². The van der Waals surface area contributed by atoms with Gasteiger partial charge in [0.05, 0.1) is 0 Å². The highest BCUT2D eigenvalue weighted by molar-refractivity contribution is 5.83. The van der Waals surface area contributed by atoms with Crippen LogP contribution in [0.3, 0.4) is 0 Å². The number of hydrogen-bond donors (Lipinski definition) is 0. The molecule has 0 radical (unpaired) electrons. The van der Waals surface area contributed by atoms with Gasteiger partial charge in [-0.3, -0.25) is 9.59 Å². The lowest BCUT2D eigenvalue weighted by Crippen LogP contribution is -2.31. The largest absolute Gasteiger partial charge is 0.346 e. The van der Waals surface area contributed by atoms with Crippen LogP contribution in [-0.2, 0) is 9.59 Å². The van der Waals surface area contributed by atoms with E-state index in [4.69, 9.17) is 0 Å². The number of unbranched alkanes of at least 4 members (excludes halogenated alkanes) is 6. The highest BCUT2D eigenvalue weighted by atomic mass is 16.2. The molecule has 0 unspecified atom stereocenters. The van der Waals surface area contributed by atoms with Crippen LogP contribution in [0.5, 0.6) is 0 Å². The second-order valence-corrected chi connectivity index (χ2v) is 6.25. The molecule has 4 nitrogen and oxygen atoms in total. The minimum Gasteiger partial charge on any atom is -0.346 e. The zero-order chi connectivity index (χ0) is 16.8. The molecule has 0 saturated heterocycles. The third kappa shape index (κ3) is 10.6. The Bertz CT molecular complexity index is 275. The number of amides is 2. The molecule has 0 fully saturated rings. The first kappa shape index (κ1) is 20.9. The molecule has 0 aromatic rings. The SMILES string of the molecule is CCCCCCN(C)C(=O)CCC(=O)N(C)CCCCCC. The number of carbonyl (C=O) groups excluding carboxylic acids is 2. The maximum absolute atomic E-state index is 12.0. The summed E-state index contributed by atoms with van der Waals surface area (Å²) in [6.07, 6.45) is 9.99. The zero-order valence-corrected chi connectivity index (χ0v) is 15.2. The molecule has 0 aromatic heterocycles. The van der Waals surface area contributed by atoms with Gasteiger partial charge in [0.1, 0.15) is 0 Å². The summed E-state index contributed by atoms with van der Waals surface area (Å²) in [7, 11) is 3.68. The first-order valence-corrected chi connectivity index (χ1v) is 9.00. The van der Waals surface area contributed by atoms with Crippen LogP contribution in [0.15, 0.2) is 0 Å². The lowest BCUT2D eigenvalue weighted by atomic mass is 10.2. The van der Waals surface area contributed by atoms with Crippen LogP contribution in [0.25, 0.3) is 0 Å². The van der Waals surface area contributed by atoms with Gasteiger partial charge < -0.3 is 9.80 Å². The zero-order valence-electron chi connectivity index (χ0n) is 15.2. The molecule has 0 N–H and O–H groups in total. The molecule has 0 saturated carbocycles. The van der Waals surface area contributed by atoms with Crippen molar-refractivity contribution in [3.8, 4) is 0 Å². The van der Waals surface area contributed by atoms with Crippen LogP contribution >= 0.6 is 0 Å². The van der Waals surface area contributed by atoms with E-state index in [9.17, 15) is 9.59 Å². The summed E-state index contributed by atoms with van der Waals surface area (Å²) < 4.78 is 0. The average Bonchev–Trinajstić information content (AvgIpc) is 2.52. The van der Waals surface area contributed by atoms with E-state index in [2.05, 4.69) is 13.8 Å². The third-order valence-electron chi connectivity index (χ3n) is 4.10. The second-order valence-electron chi connectivity index (χ2n) is 6.25. The molecule has 0 spiro atoms. The summed E-state index contributed by atoms with van der Waals surface area (Å²) in [5.41, 5.74) is 0. The number of rotatable bonds is 13. The Morgan fingerprint density at radius 3 is 1.32 bits per heavy atom. The fourth-order valence-corrected chi connectivity index (χ4v) is 2.40. The van der Waals surface area contributed by atoms with E-state index in [-0.39, 0.29) is 11.8 Å². The molecule has 2 amide bonds. The number of hydrogen-bond acceptors (Lipinski definition) is 2. The van der Waals surface area contributed by atoms with E-state index >= 15 is 0 Å². The van der Waals surface area contributed by atoms with E-state index in [1.165, 1.54) is 38.5 Å². The van der Waals surface area contributed by atoms with Gasteiger partial charge in [-0.1, -0.05) is 52.4 Å². The van der Waals surface area contributed by atoms with Gasteiger partial charge in [0.2, 0.25) is 11.8 Å². The van der Waals surface area contributed by atoms with Crippen LogP contribution in [0.2, 0.25) is 0 Å². The van der Waals surface area contributed by atoms with Gasteiger partial charge in [-0.15, -0.1) is 0 Å². The Hall–Kier alpha value is -1.06. The molecular formula is C18H36N2O2. The van der Waals surface area contributed by atoms with Crippen molar-refractivity contribution in [1.82, 2.24) is 9.80 Å². The van der Waals surface area contributed by atoms with E-state index in [0.29, 0.717) is 12.8 Å². The highest BCUT2D eigenvalue weighted by Crippen LogP contribution is 2.05. The molecule has 130 valence electrons. The minimum absolute atomic E-state index is 0.0873. The first-order valence-electron chi connectivity index (χ1n) is 9.00. The van der Waals surface area contributed by atoms with Crippen molar-refractivity contribution in [2.24, 2.45) is 0 Å². The van der Waals surface area contributed by atoms with Crippen LogP contribution in [-0.4, -0.2) is 48.8 Å². The molecule has 0 heterocycles. The Kier molecular flexibility index (Phi) is 12.9. The van der Waals surface area contributed by atoms with Crippen molar-refractivity contribution in [1.29, 1.82) is 0 Å². The van der Waals surface area contributed by atoms with Crippen LogP contribution in [0, 0.1) is 0 Å². The highest BCUT2D eigenvalue weighted by Gasteiger charge is 2.13. The summed E-state index contributed by atoms with van der Waals surface area (Å²) in [5.74, 6) is 0.175. The molecule has 0 bridgehead atoms. The maximum Gasteiger partial charge on any atom is 0.222 e. The number of nitrogens with zero attached hydrogens (tertiary/aromatic N) is 2. The van der Waals surface area contributed by atoms with Gasteiger partial charge in [0.25, 0.3) is 0 Å². The third-order valence-corrected chi connectivity index (χ3v) is 4.10. The van der Waals surface area contributed by atoms with Crippen molar-refractivity contribution in [2.45, 2.75) is 78.1 Å². The fourth-order valence-electron chi connectivity index (χ4n) is 2.40. The van der Waals surface area contributed by atoms with E-state index in [1.54, 1.807) is 9.80 Å². The van der Waals surface area contributed by atoms with E-state index in [1.807, 2.05) is 14.1 Å². The lowest BCUT2D eigenvalue weighted by molar-refractivity contribution is -0.135. The summed E-state index contributed by atoms with van der Waals surface area (Å²) in [6.45, 7) is 5.97. The quantitative estimate of drug-likeness (QED) is 0.485. The molecule has 0 rings (SSSR count). The molecule has 0 aliphatic rings. The molecule has 0 atom stereocenters. The molecule has 4 heteroatoms. The van der Waals surface area contributed by atoms with E-state index in [0.717, 1.165) is 25.9 Å². The van der Waals surface area contributed by atoms with Gasteiger partial charge in [0, 0.05) is 40.0 Å². The normalized spacial score (nSPS) is 10.5. The van der Waals surface area contributed by atoms with Gasteiger partial charge in [-0.25, -0.2) is 0 Å². The molecular weight excluding hydrogens is 276 g/mol. The summed E-state index contributed by atoms with van der Waals surface area (Å²) in [4.78, 5) is 27.5. The molecule has 0 aliphatic carbocycles. The predicted molar refractivity (Wildman–Crippen MR) is 92.8 cm³/mol. The van der Waals surface area contributed by atoms with Crippen LogP contribution < -0.4 is 0 Å². The Balaban J connectivity index is 3.80. The monoisotopic (exact) mass is 312 g/mol. The molecule has 0 aliphatic heterocycles. The van der Waals surface area contributed by atoms with Crippen LogP contribution in [0.1, 0.15) is 78.1 Å². The smallest absolute Gasteiger partial charge is 0.222 e. The van der Waals surface area contributed by atoms with E-state index < -0.39 is 0 Å².